The Morgan fingerprint density at radius 3 is 2.36 bits per heavy atom. The summed E-state index contributed by atoms with van der Waals surface area (Å²) in [6.07, 6.45) is 1.56. The summed E-state index contributed by atoms with van der Waals surface area (Å²) in [7, 11) is 0. The van der Waals surface area contributed by atoms with Crippen molar-refractivity contribution in [2.24, 2.45) is 0 Å². The molecule has 0 saturated heterocycles. The molecule has 3 rings (SSSR count). The number of aryl methyl sites for hydroxylation is 1. The van der Waals surface area contributed by atoms with Crippen molar-refractivity contribution in [3.8, 4) is 0 Å². The number of nitrogens with zero attached hydrogens (tertiary/aromatic N) is 1. The average molecular weight is 352 g/mol. The lowest BCUT2D eigenvalue weighted by atomic mass is 10.2. The molecule has 1 aromatic heterocycles. The van der Waals surface area contributed by atoms with Crippen LogP contribution < -0.4 is 10.6 Å². The fourth-order valence-corrected chi connectivity index (χ4v) is 2.39. The lowest BCUT2D eigenvalue weighted by Gasteiger charge is -2.08. The molecule has 0 aliphatic heterocycles. The monoisotopic (exact) mass is 351 g/mol. The Labute approximate surface area is 151 Å². The van der Waals surface area contributed by atoms with Crippen molar-refractivity contribution in [3.63, 3.8) is 0 Å². The smallest absolute Gasteiger partial charge is 0.257 e. The van der Waals surface area contributed by atoms with E-state index < -0.39 is 0 Å². The van der Waals surface area contributed by atoms with Gasteiger partial charge < -0.3 is 10.6 Å². The molecule has 25 heavy (non-hydrogen) atoms. The van der Waals surface area contributed by atoms with Crippen LogP contribution in [0.2, 0.25) is 5.02 Å². The Morgan fingerprint density at radius 1 is 1.00 bits per heavy atom. The molecule has 0 atom stereocenters. The van der Waals surface area contributed by atoms with E-state index in [0.29, 0.717) is 22.9 Å². The van der Waals surface area contributed by atoms with Gasteiger partial charge in [0.25, 0.3) is 5.91 Å². The normalized spacial score (nSPS) is 10.3. The maximum Gasteiger partial charge on any atom is 0.257 e. The van der Waals surface area contributed by atoms with Crippen molar-refractivity contribution in [1.82, 2.24) is 4.98 Å². The molecule has 1 amide bonds. The van der Waals surface area contributed by atoms with E-state index in [4.69, 9.17) is 11.6 Å². The quantitative estimate of drug-likeness (QED) is 0.686. The number of carbonyl (C=O) groups is 1. The van der Waals surface area contributed by atoms with Gasteiger partial charge in [-0.2, -0.15) is 0 Å². The predicted octanol–water partition coefficient (Wildman–Crippen LogP) is 4.91. The highest BCUT2D eigenvalue weighted by Crippen LogP contribution is 2.13. The molecule has 0 fully saturated rings. The minimum atomic E-state index is -0.180. The van der Waals surface area contributed by atoms with Crippen molar-refractivity contribution in [1.29, 1.82) is 0 Å². The zero-order valence-electron chi connectivity index (χ0n) is 13.8. The summed E-state index contributed by atoms with van der Waals surface area (Å²) in [5.41, 5.74) is 3.53. The first kappa shape index (κ1) is 17.0. The number of anilines is 2. The van der Waals surface area contributed by atoms with Crippen molar-refractivity contribution in [3.05, 3.63) is 88.6 Å². The SMILES string of the molecule is Cc1ccc(NC(=O)c2ccc(NCc3ccc(Cl)cc3)nc2)cc1. The van der Waals surface area contributed by atoms with Gasteiger partial charge in [0, 0.05) is 23.5 Å². The number of pyridine rings is 1. The van der Waals surface area contributed by atoms with Crippen LogP contribution in [0.25, 0.3) is 0 Å². The summed E-state index contributed by atoms with van der Waals surface area (Å²) in [4.78, 5) is 16.5. The molecule has 0 spiro atoms. The first-order valence-corrected chi connectivity index (χ1v) is 8.30. The van der Waals surface area contributed by atoms with Gasteiger partial charge in [-0.1, -0.05) is 41.4 Å². The summed E-state index contributed by atoms with van der Waals surface area (Å²) in [5.74, 6) is 0.530. The number of halogens is 1. The van der Waals surface area contributed by atoms with Crippen LogP contribution in [0.4, 0.5) is 11.5 Å². The van der Waals surface area contributed by atoms with Gasteiger partial charge in [-0.3, -0.25) is 4.79 Å². The number of carbonyl (C=O) groups excluding carboxylic acids is 1. The molecule has 0 bridgehead atoms. The molecule has 0 radical (unpaired) electrons. The zero-order valence-corrected chi connectivity index (χ0v) is 14.5. The largest absolute Gasteiger partial charge is 0.366 e. The van der Waals surface area contributed by atoms with Crippen molar-refractivity contribution in [2.45, 2.75) is 13.5 Å². The number of aromatic nitrogens is 1. The van der Waals surface area contributed by atoms with E-state index in [2.05, 4.69) is 15.6 Å². The minimum absolute atomic E-state index is 0.180. The number of nitrogens with one attached hydrogen (secondary N) is 2. The third-order valence-electron chi connectivity index (χ3n) is 3.72. The predicted molar refractivity (Wildman–Crippen MR) is 102 cm³/mol. The molecular formula is C20H18ClN3O. The van der Waals surface area contributed by atoms with Crippen LogP contribution in [0.5, 0.6) is 0 Å². The highest BCUT2D eigenvalue weighted by atomic mass is 35.5. The second-order valence-corrected chi connectivity index (χ2v) is 6.17. The molecule has 1 heterocycles. The lowest BCUT2D eigenvalue weighted by Crippen LogP contribution is -2.12. The number of amides is 1. The molecule has 0 aliphatic carbocycles. The summed E-state index contributed by atoms with van der Waals surface area (Å²) in [5, 5.41) is 6.79. The van der Waals surface area contributed by atoms with Crippen molar-refractivity contribution in [2.75, 3.05) is 10.6 Å². The highest BCUT2D eigenvalue weighted by Gasteiger charge is 2.06. The Hall–Kier alpha value is -2.85. The maximum atomic E-state index is 12.2. The number of hydrogen-bond acceptors (Lipinski definition) is 3. The van der Waals surface area contributed by atoms with Crippen LogP contribution in [-0.4, -0.2) is 10.9 Å². The molecule has 2 aromatic carbocycles. The van der Waals surface area contributed by atoms with Crippen LogP contribution >= 0.6 is 11.6 Å². The fraction of sp³-hybridized carbons (Fsp3) is 0.100. The average Bonchev–Trinajstić information content (AvgIpc) is 2.63. The molecule has 5 heteroatoms. The highest BCUT2D eigenvalue weighted by molar-refractivity contribution is 6.30. The number of rotatable bonds is 5. The van der Waals surface area contributed by atoms with Gasteiger partial charge in [0.05, 0.1) is 5.56 Å². The molecule has 3 aromatic rings. The molecule has 126 valence electrons. The van der Waals surface area contributed by atoms with Gasteiger partial charge in [0.15, 0.2) is 0 Å². The summed E-state index contributed by atoms with van der Waals surface area (Å²) < 4.78 is 0. The van der Waals surface area contributed by atoms with Crippen LogP contribution in [0.3, 0.4) is 0 Å². The fourth-order valence-electron chi connectivity index (χ4n) is 2.27. The van der Waals surface area contributed by atoms with E-state index in [0.717, 1.165) is 16.8 Å². The number of benzene rings is 2. The van der Waals surface area contributed by atoms with E-state index in [1.807, 2.05) is 55.5 Å². The van der Waals surface area contributed by atoms with E-state index in [-0.39, 0.29) is 5.91 Å². The summed E-state index contributed by atoms with van der Waals surface area (Å²) in [6.45, 7) is 2.64. The Bertz CT molecular complexity index is 844. The molecule has 0 unspecified atom stereocenters. The third-order valence-corrected chi connectivity index (χ3v) is 3.97. The third kappa shape index (κ3) is 4.81. The minimum Gasteiger partial charge on any atom is -0.366 e. The van der Waals surface area contributed by atoms with Crippen LogP contribution in [-0.2, 0) is 6.54 Å². The van der Waals surface area contributed by atoms with Gasteiger partial charge in [-0.25, -0.2) is 4.98 Å². The maximum absolute atomic E-state index is 12.2. The summed E-state index contributed by atoms with van der Waals surface area (Å²) in [6, 6.07) is 18.8. The van der Waals surface area contributed by atoms with Gasteiger partial charge in [0.1, 0.15) is 5.82 Å². The Kier molecular flexibility index (Phi) is 5.31. The van der Waals surface area contributed by atoms with E-state index in [1.165, 1.54) is 0 Å². The molecular weight excluding hydrogens is 334 g/mol. The van der Waals surface area contributed by atoms with Crippen molar-refractivity contribution >= 4 is 29.0 Å². The zero-order chi connectivity index (χ0) is 17.6. The van der Waals surface area contributed by atoms with Gasteiger partial charge >= 0.3 is 0 Å². The lowest BCUT2D eigenvalue weighted by molar-refractivity contribution is 0.102. The van der Waals surface area contributed by atoms with Gasteiger partial charge in [0.2, 0.25) is 0 Å². The van der Waals surface area contributed by atoms with E-state index in [9.17, 15) is 4.79 Å². The Morgan fingerprint density at radius 2 is 1.72 bits per heavy atom. The molecule has 2 N–H and O–H groups in total. The second-order valence-electron chi connectivity index (χ2n) is 5.73. The van der Waals surface area contributed by atoms with Crippen LogP contribution in [0.15, 0.2) is 66.9 Å². The van der Waals surface area contributed by atoms with E-state index in [1.54, 1.807) is 18.3 Å². The molecule has 0 saturated carbocycles. The molecule has 4 nitrogen and oxygen atoms in total. The van der Waals surface area contributed by atoms with Crippen LogP contribution in [0, 0.1) is 6.92 Å². The van der Waals surface area contributed by atoms with E-state index >= 15 is 0 Å². The molecule has 0 aliphatic rings. The van der Waals surface area contributed by atoms with Gasteiger partial charge in [-0.15, -0.1) is 0 Å². The number of hydrogen-bond donors (Lipinski definition) is 2. The van der Waals surface area contributed by atoms with Crippen molar-refractivity contribution < 1.29 is 4.79 Å². The first-order chi connectivity index (χ1) is 12.1. The Balaban J connectivity index is 1.58. The topological polar surface area (TPSA) is 54.0 Å². The summed E-state index contributed by atoms with van der Waals surface area (Å²) >= 11 is 5.87. The standard InChI is InChI=1S/C20H18ClN3O/c1-14-2-9-18(10-3-14)24-20(25)16-6-11-19(23-13-16)22-12-15-4-7-17(21)8-5-15/h2-11,13H,12H2,1H3,(H,22,23)(H,24,25). The van der Waals surface area contributed by atoms with Gasteiger partial charge in [-0.05, 0) is 48.9 Å². The first-order valence-electron chi connectivity index (χ1n) is 7.92. The van der Waals surface area contributed by atoms with Crippen LogP contribution in [0.1, 0.15) is 21.5 Å². The second kappa shape index (κ2) is 7.81.